The zero-order chi connectivity index (χ0) is 17.6. The van der Waals surface area contributed by atoms with Crippen molar-refractivity contribution in [2.75, 3.05) is 11.9 Å². The van der Waals surface area contributed by atoms with Crippen molar-refractivity contribution in [1.29, 1.82) is 0 Å². The fourth-order valence-corrected chi connectivity index (χ4v) is 2.78. The molecule has 3 aromatic rings. The summed E-state index contributed by atoms with van der Waals surface area (Å²) in [6, 6.07) is 11.2. The Bertz CT molecular complexity index is 876. The molecule has 0 aliphatic carbocycles. The third kappa shape index (κ3) is 4.48. The summed E-state index contributed by atoms with van der Waals surface area (Å²) in [5.41, 5.74) is 3.23. The molecule has 0 spiro atoms. The number of nitrogens with zero attached hydrogens (tertiary/aromatic N) is 2. The lowest BCUT2D eigenvalue weighted by Crippen LogP contribution is -2.20. The van der Waals surface area contributed by atoms with Gasteiger partial charge >= 0.3 is 5.97 Å². The first-order valence-electron chi connectivity index (χ1n) is 7.51. The Morgan fingerprint density at radius 1 is 1.20 bits per heavy atom. The summed E-state index contributed by atoms with van der Waals surface area (Å²) in [6.07, 6.45) is 2.94. The lowest BCUT2D eigenvalue weighted by molar-refractivity contribution is -0.119. The van der Waals surface area contributed by atoms with Crippen LogP contribution in [0, 0.1) is 6.92 Å². The van der Waals surface area contributed by atoms with E-state index in [1.54, 1.807) is 18.3 Å². The average molecular weight is 353 g/mol. The molecule has 0 radical (unpaired) electrons. The van der Waals surface area contributed by atoms with Gasteiger partial charge in [0.1, 0.15) is 0 Å². The Balaban J connectivity index is 1.55. The van der Waals surface area contributed by atoms with Gasteiger partial charge < -0.3 is 4.74 Å². The van der Waals surface area contributed by atoms with Crippen molar-refractivity contribution in [3.05, 3.63) is 65.3 Å². The molecule has 6 nitrogen and oxygen atoms in total. The molecule has 0 saturated carbocycles. The Kier molecular flexibility index (Phi) is 5.15. The number of rotatable bonds is 5. The van der Waals surface area contributed by atoms with Gasteiger partial charge in [-0.15, -0.1) is 11.3 Å². The molecule has 0 aliphatic heterocycles. The molecule has 25 heavy (non-hydrogen) atoms. The van der Waals surface area contributed by atoms with Crippen LogP contribution in [-0.4, -0.2) is 28.5 Å². The molecule has 0 fully saturated rings. The highest BCUT2D eigenvalue weighted by Crippen LogP contribution is 2.25. The number of esters is 1. The number of aromatic nitrogens is 2. The SMILES string of the molecule is Cc1ccc(-c2csc(NC(=O)COC(=O)c3cccnc3)n2)cc1. The molecule has 0 saturated heterocycles. The molecule has 0 unspecified atom stereocenters. The van der Waals surface area contributed by atoms with Crippen LogP contribution in [0.1, 0.15) is 15.9 Å². The number of amides is 1. The van der Waals surface area contributed by atoms with Gasteiger partial charge in [0.2, 0.25) is 0 Å². The zero-order valence-corrected chi connectivity index (χ0v) is 14.2. The standard InChI is InChI=1S/C18H15N3O3S/c1-12-4-6-13(7-5-12)15-11-25-18(20-15)21-16(22)10-24-17(23)14-3-2-8-19-9-14/h2-9,11H,10H2,1H3,(H,20,21,22). The number of thiazole rings is 1. The summed E-state index contributed by atoms with van der Waals surface area (Å²) >= 11 is 1.31. The van der Waals surface area contributed by atoms with Crippen molar-refractivity contribution in [3.8, 4) is 11.3 Å². The minimum absolute atomic E-state index is 0.297. The van der Waals surface area contributed by atoms with E-state index in [0.717, 1.165) is 11.3 Å². The van der Waals surface area contributed by atoms with E-state index in [9.17, 15) is 9.59 Å². The number of nitrogens with one attached hydrogen (secondary N) is 1. The number of carbonyl (C=O) groups is 2. The van der Waals surface area contributed by atoms with Crippen LogP contribution in [0.4, 0.5) is 5.13 Å². The molecule has 0 aliphatic rings. The van der Waals surface area contributed by atoms with Crippen molar-refractivity contribution in [2.24, 2.45) is 0 Å². The van der Waals surface area contributed by atoms with Gasteiger partial charge in [0, 0.05) is 23.3 Å². The largest absolute Gasteiger partial charge is 0.452 e. The summed E-state index contributed by atoms with van der Waals surface area (Å²) in [6.45, 7) is 1.64. The van der Waals surface area contributed by atoms with Crippen molar-refractivity contribution in [3.63, 3.8) is 0 Å². The van der Waals surface area contributed by atoms with Crippen molar-refractivity contribution in [1.82, 2.24) is 9.97 Å². The predicted molar refractivity (Wildman–Crippen MR) is 95.4 cm³/mol. The normalized spacial score (nSPS) is 10.3. The number of benzene rings is 1. The molecule has 126 valence electrons. The van der Waals surface area contributed by atoms with Crippen LogP contribution in [-0.2, 0) is 9.53 Å². The molecule has 0 bridgehead atoms. The molecule has 7 heteroatoms. The monoisotopic (exact) mass is 353 g/mol. The first-order chi connectivity index (χ1) is 12.1. The van der Waals surface area contributed by atoms with Crippen LogP contribution in [0.5, 0.6) is 0 Å². The summed E-state index contributed by atoms with van der Waals surface area (Å²) in [5, 5.41) is 4.95. The van der Waals surface area contributed by atoms with Gasteiger partial charge in [0.15, 0.2) is 11.7 Å². The highest BCUT2D eigenvalue weighted by molar-refractivity contribution is 7.14. The Labute approximate surface area is 148 Å². The maximum Gasteiger partial charge on any atom is 0.340 e. The molecule has 1 amide bonds. The topological polar surface area (TPSA) is 81.2 Å². The Hall–Kier alpha value is -3.06. The number of hydrogen-bond acceptors (Lipinski definition) is 6. The molecule has 3 rings (SSSR count). The third-order valence-corrected chi connectivity index (χ3v) is 4.09. The molecule has 2 heterocycles. The van der Waals surface area contributed by atoms with Crippen molar-refractivity contribution in [2.45, 2.75) is 6.92 Å². The molecule has 2 aromatic heterocycles. The van der Waals surface area contributed by atoms with Crippen LogP contribution < -0.4 is 5.32 Å². The van der Waals surface area contributed by atoms with E-state index >= 15 is 0 Å². The summed E-state index contributed by atoms with van der Waals surface area (Å²) in [7, 11) is 0. The lowest BCUT2D eigenvalue weighted by atomic mass is 10.1. The number of hydrogen-bond donors (Lipinski definition) is 1. The second kappa shape index (κ2) is 7.67. The van der Waals surface area contributed by atoms with Gasteiger partial charge in [-0.3, -0.25) is 15.1 Å². The lowest BCUT2D eigenvalue weighted by Gasteiger charge is -2.04. The second-order valence-corrected chi connectivity index (χ2v) is 6.13. The van der Waals surface area contributed by atoms with E-state index in [1.165, 1.54) is 23.1 Å². The van der Waals surface area contributed by atoms with Gasteiger partial charge in [0.05, 0.1) is 11.3 Å². The number of carbonyl (C=O) groups excluding carboxylic acids is 2. The van der Waals surface area contributed by atoms with Crippen LogP contribution >= 0.6 is 11.3 Å². The van der Waals surface area contributed by atoms with Gasteiger partial charge in [-0.2, -0.15) is 0 Å². The van der Waals surface area contributed by atoms with Gasteiger partial charge in [0.25, 0.3) is 5.91 Å². The van der Waals surface area contributed by atoms with E-state index in [1.807, 2.05) is 36.6 Å². The first kappa shape index (κ1) is 16.8. The van der Waals surface area contributed by atoms with E-state index in [2.05, 4.69) is 15.3 Å². The predicted octanol–water partition coefficient (Wildman–Crippen LogP) is 3.31. The first-order valence-corrected chi connectivity index (χ1v) is 8.39. The highest BCUT2D eigenvalue weighted by Gasteiger charge is 2.12. The minimum Gasteiger partial charge on any atom is -0.452 e. The number of anilines is 1. The summed E-state index contributed by atoms with van der Waals surface area (Å²) < 4.78 is 4.95. The third-order valence-electron chi connectivity index (χ3n) is 3.33. The number of aryl methyl sites for hydroxylation is 1. The fourth-order valence-electron chi connectivity index (χ4n) is 2.04. The second-order valence-electron chi connectivity index (χ2n) is 5.27. The van der Waals surface area contributed by atoms with Gasteiger partial charge in [-0.05, 0) is 19.1 Å². The Morgan fingerprint density at radius 3 is 2.72 bits per heavy atom. The summed E-state index contributed by atoms with van der Waals surface area (Å²) in [4.78, 5) is 31.9. The fraction of sp³-hybridized carbons (Fsp3) is 0.111. The quantitative estimate of drug-likeness (QED) is 0.712. The molecular formula is C18H15N3O3S. The van der Waals surface area contributed by atoms with E-state index in [4.69, 9.17) is 4.74 Å². The molecule has 0 atom stereocenters. The molecule has 1 N–H and O–H groups in total. The minimum atomic E-state index is -0.595. The maximum atomic E-state index is 11.9. The number of ether oxygens (including phenoxy) is 1. The van der Waals surface area contributed by atoms with Gasteiger partial charge in [-0.1, -0.05) is 29.8 Å². The van der Waals surface area contributed by atoms with Crippen molar-refractivity contribution >= 4 is 28.3 Å². The van der Waals surface area contributed by atoms with Crippen LogP contribution in [0.2, 0.25) is 0 Å². The van der Waals surface area contributed by atoms with Crippen LogP contribution in [0.15, 0.2) is 54.2 Å². The Morgan fingerprint density at radius 2 is 2.00 bits per heavy atom. The summed E-state index contributed by atoms with van der Waals surface area (Å²) in [5.74, 6) is -1.04. The molecule has 1 aromatic carbocycles. The van der Waals surface area contributed by atoms with Crippen molar-refractivity contribution < 1.29 is 14.3 Å². The van der Waals surface area contributed by atoms with E-state index in [-0.39, 0.29) is 6.61 Å². The molecular weight excluding hydrogens is 338 g/mol. The van der Waals surface area contributed by atoms with E-state index in [0.29, 0.717) is 10.7 Å². The van der Waals surface area contributed by atoms with E-state index < -0.39 is 11.9 Å². The highest BCUT2D eigenvalue weighted by atomic mass is 32.1. The maximum absolute atomic E-state index is 11.9. The van der Waals surface area contributed by atoms with Gasteiger partial charge in [-0.25, -0.2) is 9.78 Å². The van der Waals surface area contributed by atoms with Crippen LogP contribution in [0.3, 0.4) is 0 Å². The number of pyridine rings is 1. The average Bonchev–Trinajstić information content (AvgIpc) is 3.09. The zero-order valence-electron chi connectivity index (χ0n) is 13.4. The van der Waals surface area contributed by atoms with Crippen LogP contribution in [0.25, 0.3) is 11.3 Å². The smallest absolute Gasteiger partial charge is 0.340 e.